The lowest BCUT2D eigenvalue weighted by Gasteiger charge is -2.34. The number of carbonyl (C=O) groups excluding carboxylic acids is 1. The van der Waals surface area contributed by atoms with E-state index in [0.29, 0.717) is 4.88 Å². The smallest absolute Gasteiger partial charge is 0.265 e. The predicted molar refractivity (Wildman–Crippen MR) is 91.0 cm³/mol. The quantitative estimate of drug-likeness (QED) is 0.930. The van der Waals surface area contributed by atoms with Gasteiger partial charge >= 0.3 is 0 Å². The number of aromatic nitrogens is 3. The first kappa shape index (κ1) is 15.9. The maximum absolute atomic E-state index is 12.4. The Balaban J connectivity index is 1.66. The molecule has 0 radical (unpaired) electrons. The van der Waals surface area contributed by atoms with E-state index < -0.39 is 0 Å². The van der Waals surface area contributed by atoms with Crippen LogP contribution in [0.4, 0.5) is 5.82 Å². The molecule has 1 fully saturated rings. The third-order valence-electron chi connectivity index (χ3n) is 4.05. The van der Waals surface area contributed by atoms with E-state index in [1.807, 2.05) is 32.0 Å². The molecule has 1 aliphatic rings. The van der Waals surface area contributed by atoms with Gasteiger partial charge in [-0.1, -0.05) is 17.5 Å². The maximum Gasteiger partial charge on any atom is 0.265 e. The third kappa shape index (κ3) is 3.67. The average molecular weight is 331 g/mol. The van der Waals surface area contributed by atoms with Crippen molar-refractivity contribution in [2.75, 3.05) is 18.0 Å². The SMILES string of the molecule is CCc1nnsc1C(=O)N[C@H]1CCCN(c2cccc(C)n2)C1. The first-order valence-corrected chi connectivity index (χ1v) is 8.75. The largest absolute Gasteiger partial charge is 0.355 e. The van der Waals surface area contributed by atoms with Crippen LogP contribution in [0.5, 0.6) is 0 Å². The van der Waals surface area contributed by atoms with Crippen molar-refractivity contribution in [3.05, 3.63) is 34.5 Å². The summed E-state index contributed by atoms with van der Waals surface area (Å²) in [5.41, 5.74) is 1.79. The van der Waals surface area contributed by atoms with Crippen molar-refractivity contribution < 1.29 is 4.79 Å². The van der Waals surface area contributed by atoms with Crippen LogP contribution in [0.2, 0.25) is 0 Å². The highest BCUT2D eigenvalue weighted by Gasteiger charge is 2.24. The highest BCUT2D eigenvalue weighted by molar-refractivity contribution is 7.08. The molecule has 1 atom stereocenters. The molecule has 7 heteroatoms. The molecule has 0 saturated carbocycles. The fourth-order valence-corrected chi connectivity index (χ4v) is 3.52. The van der Waals surface area contributed by atoms with Gasteiger partial charge in [0.1, 0.15) is 10.7 Å². The Morgan fingerprint density at radius 3 is 3.13 bits per heavy atom. The van der Waals surface area contributed by atoms with Crippen LogP contribution >= 0.6 is 11.5 Å². The van der Waals surface area contributed by atoms with Crippen LogP contribution in [-0.2, 0) is 6.42 Å². The Labute approximate surface area is 140 Å². The summed E-state index contributed by atoms with van der Waals surface area (Å²) < 4.78 is 3.89. The molecule has 2 aromatic rings. The summed E-state index contributed by atoms with van der Waals surface area (Å²) in [5, 5.41) is 7.14. The van der Waals surface area contributed by atoms with Crippen LogP contribution in [0.25, 0.3) is 0 Å². The standard InChI is InChI=1S/C16H21N5OS/c1-3-13-15(23-20-19-13)16(22)18-12-7-5-9-21(10-12)14-8-4-6-11(2)17-14/h4,6,8,12H,3,5,7,9-10H2,1-2H3,(H,18,22)/t12-/m0/s1. The van der Waals surface area contributed by atoms with Crippen molar-refractivity contribution in [2.45, 2.75) is 39.2 Å². The van der Waals surface area contributed by atoms with Crippen molar-refractivity contribution in [1.82, 2.24) is 19.9 Å². The molecule has 1 amide bonds. The van der Waals surface area contributed by atoms with Crippen LogP contribution in [0, 0.1) is 6.92 Å². The molecule has 0 aromatic carbocycles. The predicted octanol–water partition coefficient (Wildman–Crippen LogP) is 2.20. The molecule has 1 N–H and O–H groups in total. The minimum absolute atomic E-state index is 0.0547. The van der Waals surface area contributed by atoms with E-state index in [2.05, 4.69) is 24.8 Å². The fraction of sp³-hybridized carbons (Fsp3) is 0.500. The first-order chi connectivity index (χ1) is 11.2. The van der Waals surface area contributed by atoms with Gasteiger partial charge in [-0.15, -0.1) is 5.10 Å². The number of anilines is 1. The number of nitrogens with zero attached hydrogens (tertiary/aromatic N) is 4. The van der Waals surface area contributed by atoms with E-state index in [4.69, 9.17) is 0 Å². The van der Waals surface area contributed by atoms with Crippen molar-refractivity contribution in [1.29, 1.82) is 0 Å². The Bertz CT molecular complexity index is 687. The maximum atomic E-state index is 12.4. The Hall–Kier alpha value is -2.02. The number of piperidine rings is 1. The van der Waals surface area contributed by atoms with Gasteiger partial charge in [-0.25, -0.2) is 4.98 Å². The number of hydrogen-bond donors (Lipinski definition) is 1. The van der Waals surface area contributed by atoms with Crippen LogP contribution in [0.1, 0.15) is 40.8 Å². The summed E-state index contributed by atoms with van der Waals surface area (Å²) in [7, 11) is 0. The van der Waals surface area contributed by atoms with Gasteiger partial charge in [0.05, 0.1) is 5.69 Å². The van der Waals surface area contributed by atoms with E-state index in [-0.39, 0.29) is 11.9 Å². The van der Waals surface area contributed by atoms with Gasteiger partial charge in [0.25, 0.3) is 5.91 Å². The van der Waals surface area contributed by atoms with Crippen molar-refractivity contribution in [3.63, 3.8) is 0 Å². The van der Waals surface area contributed by atoms with Gasteiger partial charge in [0, 0.05) is 24.8 Å². The van der Waals surface area contributed by atoms with Crippen molar-refractivity contribution in [3.8, 4) is 0 Å². The minimum atomic E-state index is -0.0547. The number of pyridine rings is 1. The van der Waals surface area contributed by atoms with Crippen LogP contribution in [0.15, 0.2) is 18.2 Å². The minimum Gasteiger partial charge on any atom is -0.355 e. The number of carbonyl (C=O) groups is 1. The lowest BCUT2D eigenvalue weighted by Crippen LogP contribution is -2.48. The van der Waals surface area contributed by atoms with Gasteiger partial charge in [0.15, 0.2) is 0 Å². The molecule has 6 nitrogen and oxygen atoms in total. The third-order valence-corrected chi connectivity index (χ3v) is 4.82. The van der Waals surface area contributed by atoms with Gasteiger partial charge < -0.3 is 10.2 Å². The second-order valence-corrected chi connectivity index (χ2v) is 6.55. The zero-order valence-electron chi connectivity index (χ0n) is 13.5. The molecule has 0 unspecified atom stereocenters. The van der Waals surface area contributed by atoms with Crippen LogP contribution < -0.4 is 10.2 Å². The molecule has 1 saturated heterocycles. The molecule has 0 bridgehead atoms. The summed E-state index contributed by atoms with van der Waals surface area (Å²) in [6.07, 6.45) is 2.76. The zero-order valence-corrected chi connectivity index (χ0v) is 14.3. The van der Waals surface area contributed by atoms with Crippen LogP contribution in [-0.4, -0.2) is 39.6 Å². The summed E-state index contributed by atoms with van der Waals surface area (Å²) in [6, 6.07) is 6.18. The normalized spacial score (nSPS) is 18.0. The average Bonchev–Trinajstić information content (AvgIpc) is 3.04. The van der Waals surface area contributed by atoms with E-state index in [9.17, 15) is 4.79 Å². The lowest BCUT2D eigenvalue weighted by atomic mass is 10.1. The monoisotopic (exact) mass is 331 g/mol. The summed E-state index contributed by atoms with van der Waals surface area (Å²) in [4.78, 5) is 19.9. The molecule has 1 aliphatic heterocycles. The van der Waals surface area contributed by atoms with E-state index >= 15 is 0 Å². The molecule has 2 aromatic heterocycles. The molecular weight excluding hydrogens is 310 g/mol. The molecule has 3 rings (SSSR count). The van der Waals surface area contributed by atoms with E-state index in [1.54, 1.807) is 0 Å². The van der Waals surface area contributed by atoms with Crippen molar-refractivity contribution in [2.24, 2.45) is 0 Å². The zero-order chi connectivity index (χ0) is 16.2. The molecule has 0 spiro atoms. The second-order valence-electron chi connectivity index (χ2n) is 5.80. The van der Waals surface area contributed by atoms with E-state index in [1.165, 1.54) is 11.5 Å². The molecular formula is C16H21N5OS. The van der Waals surface area contributed by atoms with Crippen LogP contribution in [0.3, 0.4) is 0 Å². The molecule has 122 valence electrons. The number of nitrogens with one attached hydrogen (secondary N) is 1. The number of aryl methyl sites for hydroxylation is 2. The summed E-state index contributed by atoms with van der Waals surface area (Å²) >= 11 is 1.17. The Morgan fingerprint density at radius 2 is 2.35 bits per heavy atom. The summed E-state index contributed by atoms with van der Waals surface area (Å²) in [6.45, 7) is 5.75. The first-order valence-electron chi connectivity index (χ1n) is 7.98. The highest BCUT2D eigenvalue weighted by Crippen LogP contribution is 2.19. The van der Waals surface area contributed by atoms with Crippen molar-refractivity contribution >= 4 is 23.3 Å². The number of hydrogen-bond acceptors (Lipinski definition) is 6. The fourth-order valence-electron chi connectivity index (χ4n) is 2.87. The number of rotatable bonds is 4. The second kappa shape index (κ2) is 7.04. The summed E-state index contributed by atoms with van der Waals surface area (Å²) in [5.74, 6) is 0.929. The molecule has 3 heterocycles. The van der Waals surface area contributed by atoms with Gasteiger partial charge in [0.2, 0.25) is 0 Å². The lowest BCUT2D eigenvalue weighted by molar-refractivity contribution is 0.0936. The van der Waals surface area contributed by atoms with Gasteiger partial charge in [-0.2, -0.15) is 0 Å². The molecule has 0 aliphatic carbocycles. The number of amides is 1. The van der Waals surface area contributed by atoms with Gasteiger partial charge in [-0.3, -0.25) is 4.79 Å². The Kier molecular flexibility index (Phi) is 4.85. The topological polar surface area (TPSA) is 71.0 Å². The van der Waals surface area contributed by atoms with E-state index in [0.717, 1.165) is 49.6 Å². The highest BCUT2D eigenvalue weighted by atomic mass is 32.1. The molecule has 23 heavy (non-hydrogen) atoms. The Morgan fingerprint density at radius 1 is 1.48 bits per heavy atom. The van der Waals surface area contributed by atoms with Gasteiger partial charge in [-0.05, 0) is 49.9 Å².